The number of nitrogens with zero attached hydrogens (tertiary/aromatic N) is 3. The predicted molar refractivity (Wildman–Crippen MR) is 125 cm³/mol. The van der Waals surface area contributed by atoms with Gasteiger partial charge in [-0.3, -0.25) is 9.59 Å². The number of ether oxygens (including phenoxy) is 1. The summed E-state index contributed by atoms with van der Waals surface area (Å²) in [4.78, 5) is 30.1. The lowest BCUT2D eigenvalue weighted by atomic mass is 9.75. The van der Waals surface area contributed by atoms with Crippen molar-refractivity contribution in [3.05, 3.63) is 72.0 Å². The van der Waals surface area contributed by atoms with E-state index in [0.29, 0.717) is 43.0 Å². The average Bonchev–Trinajstić information content (AvgIpc) is 3.32. The molecule has 0 bridgehead atoms. The third kappa shape index (κ3) is 4.77. The Bertz CT molecular complexity index is 1130. The van der Waals surface area contributed by atoms with Crippen molar-refractivity contribution in [3.63, 3.8) is 0 Å². The van der Waals surface area contributed by atoms with Crippen molar-refractivity contribution in [2.24, 2.45) is 5.41 Å². The van der Waals surface area contributed by atoms with E-state index < -0.39 is 5.41 Å². The highest BCUT2D eigenvalue weighted by Crippen LogP contribution is 2.37. The number of carbonyl (C=O) groups is 2. The molecule has 3 aromatic rings. The molecule has 1 aliphatic rings. The molecule has 7 nitrogen and oxygen atoms in total. The number of likely N-dealkylation sites (tertiary alicyclic amines) is 1. The third-order valence-electron chi connectivity index (χ3n) is 6.18. The smallest absolute Gasteiger partial charge is 0.254 e. The Morgan fingerprint density at radius 3 is 2.64 bits per heavy atom. The molecule has 1 unspecified atom stereocenters. The number of methoxy groups -OCH3 is 1. The zero-order valence-corrected chi connectivity index (χ0v) is 19.3. The van der Waals surface area contributed by atoms with Gasteiger partial charge in [0.2, 0.25) is 5.91 Å². The van der Waals surface area contributed by atoms with Crippen LogP contribution >= 0.6 is 0 Å². The number of aromatic nitrogens is 1. The molecular weight excluding hydrogens is 418 g/mol. The van der Waals surface area contributed by atoms with E-state index in [-0.39, 0.29) is 11.8 Å². The van der Waals surface area contributed by atoms with Crippen LogP contribution < -0.4 is 4.74 Å². The van der Waals surface area contributed by atoms with Crippen LogP contribution in [0.25, 0.3) is 11.3 Å². The van der Waals surface area contributed by atoms with E-state index in [9.17, 15) is 9.59 Å². The van der Waals surface area contributed by atoms with Crippen LogP contribution in [0.4, 0.5) is 0 Å². The van der Waals surface area contributed by atoms with Crippen LogP contribution in [0.2, 0.25) is 0 Å². The van der Waals surface area contributed by atoms with Crippen LogP contribution in [-0.4, -0.2) is 61.1 Å². The highest BCUT2D eigenvalue weighted by Gasteiger charge is 2.45. The molecule has 4 rings (SSSR count). The van der Waals surface area contributed by atoms with Gasteiger partial charge in [-0.2, -0.15) is 0 Å². The number of hydrogen-bond acceptors (Lipinski definition) is 5. The maximum Gasteiger partial charge on any atom is 0.254 e. The van der Waals surface area contributed by atoms with Crippen molar-refractivity contribution >= 4 is 11.8 Å². The quantitative estimate of drug-likeness (QED) is 0.573. The van der Waals surface area contributed by atoms with Crippen molar-refractivity contribution in [3.8, 4) is 17.0 Å². The van der Waals surface area contributed by atoms with Crippen molar-refractivity contribution in [1.82, 2.24) is 15.0 Å². The van der Waals surface area contributed by atoms with E-state index in [1.807, 2.05) is 36.4 Å². The molecule has 1 fully saturated rings. The molecule has 2 heterocycles. The fraction of sp³-hybridized carbons (Fsp3) is 0.346. The number of amides is 2. The maximum absolute atomic E-state index is 13.4. The van der Waals surface area contributed by atoms with E-state index >= 15 is 0 Å². The van der Waals surface area contributed by atoms with Gasteiger partial charge in [0.1, 0.15) is 17.2 Å². The van der Waals surface area contributed by atoms with E-state index in [1.165, 1.54) is 0 Å². The molecule has 0 radical (unpaired) electrons. The second kappa shape index (κ2) is 9.48. The van der Waals surface area contributed by atoms with Crippen LogP contribution in [0.15, 0.2) is 65.2 Å². The minimum atomic E-state index is -0.774. The first-order chi connectivity index (χ1) is 15.9. The molecule has 0 aliphatic carbocycles. The Balaban J connectivity index is 1.61. The van der Waals surface area contributed by atoms with Gasteiger partial charge >= 0.3 is 0 Å². The van der Waals surface area contributed by atoms with E-state index in [2.05, 4.69) is 5.16 Å². The zero-order chi connectivity index (χ0) is 23.4. The van der Waals surface area contributed by atoms with Crippen molar-refractivity contribution < 1.29 is 18.8 Å². The first kappa shape index (κ1) is 22.6. The zero-order valence-electron chi connectivity index (χ0n) is 19.3. The Morgan fingerprint density at radius 2 is 1.91 bits per heavy atom. The molecule has 0 spiro atoms. The summed E-state index contributed by atoms with van der Waals surface area (Å²) < 4.78 is 10.9. The van der Waals surface area contributed by atoms with Crippen molar-refractivity contribution in [2.45, 2.75) is 19.3 Å². The fourth-order valence-electron chi connectivity index (χ4n) is 4.59. The lowest BCUT2D eigenvalue weighted by Crippen LogP contribution is -2.54. The molecule has 1 aliphatic heterocycles. The van der Waals surface area contributed by atoms with Crippen molar-refractivity contribution in [2.75, 3.05) is 34.3 Å². The van der Waals surface area contributed by atoms with E-state index in [1.54, 1.807) is 55.3 Å². The number of benzene rings is 2. The van der Waals surface area contributed by atoms with Gasteiger partial charge in [0.25, 0.3) is 5.91 Å². The van der Waals surface area contributed by atoms with E-state index in [4.69, 9.17) is 9.26 Å². The van der Waals surface area contributed by atoms with Gasteiger partial charge in [-0.05, 0) is 31.0 Å². The lowest BCUT2D eigenvalue weighted by molar-refractivity contribution is -0.142. The Labute approximate surface area is 193 Å². The van der Waals surface area contributed by atoms with Gasteiger partial charge in [-0.25, -0.2) is 0 Å². The third-order valence-corrected chi connectivity index (χ3v) is 6.18. The summed E-state index contributed by atoms with van der Waals surface area (Å²) in [5.74, 6) is 1.15. The summed E-state index contributed by atoms with van der Waals surface area (Å²) in [5, 5.41) is 4.21. The highest BCUT2D eigenvalue weighted by atomic mass is 16.5. The number of hydrogen-bond donors (Lipinski definition) is 0. The first-order valence-corrected chi connectivity index (χ1v) is 11.1. The maximum atomic E-state index is 13.4. The van der Waals surface area contributed by atoms with Crippen LogP contribution in [0.5, 0.6) is 5.75 Å². The summed E-state index contributed by atoms with van der Waals surface area (Å²) in [6.07, 6.45) is 1.79. The number of piperidine rings is 1. The highest BCUT2D eigenvalue weighted by molar-refractivity contribution is 5.95. The predicted octanol–water partition coefficient (Wildman–Crippen LogP) is 3.90. The number of carbonyl (C=O) groups excluding carboxylic acids is 2. The Kier molecular flexibility index (Phi) is 6.49. The summed E-state index contributed by atoms with van der Waals surface area (Å²) in [6.45, 7) is 0.922. The summed E-state index contributed by atoms with van der Waals surface area (Å²) in [6, 6.07) is 18.8. The summed E-state index contributed by atoms with van der Waals surface area (Å²) in [5.41, 5.74) is 1.47. The molecule has 1 saturated heterocycles. The first-order valence-electron chi connectivity index (χ1n) is 11.1. The van der Waals surface area contributed by atoms with Gasteiger partial charge in [-0.1, -0.05) is 41.6 Å². The molecule has 2 aromatic carbocycles. The van der Waals surface area contributed by atoms with Gasteiger partial charge in [0.15, 0.2) is 0 Å². The molecule has 1 atom stereocenters. The van der Waals surface area contributed by atoms with Crippen molar-refractivity contribution in [1.29, 1.82) is 0 Å². The number of rotatable bonds is 6. The largest absolute Gasteiger partial charge is 0.497 e. The van der Waals surface area contributed by atoms with Gasteiger partial charge in [0, 0.05) is 50.8 Å². The topological polar surface area (TPSA) is 75.9 Å². The minimum Gasteiger partial charge on any atom is -0.497 e. The van der Waals surface area contributed by atoms with Crippen LogP contribution in [-0.2, 0) is 11.2 Å². The van der Waals surface area contributed by atoms with E-state index in [0.717, 1.165) is 17.7 Å². The molecule has 2 amide bonds. The second-order valence-corrected chi connectivity index (χ2v) is 8.76. The van der Waals surface area contributed by atoms with Gasteiger partial charge in [0.05, 0.1) is 12.5 Å². The minimum absolute atomic E-state index is 0.0108. The summed E-state index contributed by atoms with van der Waals surface area (Å²) >= 11 is 0. The molecule has 1 aromatic heterocycles. The van der Waals surface area contributed by atoms with Crippen LogP contribution in [0.1, 0.15) is 29.0 Å². The molecule has 33 heavy (non-hydrogen) atoms. The molecule has 172 valence electrons. The van der Waals surface area contributed by atoms with Crippen LogP contribution in [0.3, 0.4) is 0 Å². The molecule has 0 saturated carbocycles. The Morgan fingerprint density at radius 1 is 1.12 bits per heavy atom. The lowest BCUT2D eigenvalue weighted by Gasteiger charge is -2.42. The average molecular weight is 448 g/mol. The van der Waals surface area contributed by atoms with Gasteiger partial charge < -0.3 is 19.1 Å². The Hall–Kier alpha value is -3.61. The second-order valence-electron chi connectivity index (χ2n) is 8.76. The van der Waals surface area contributed by atoms with Crippen LogP contribution in [0, 0.1) is 5.41 Å². The fourth-order valence-corrected chi connectivity index (χ4v) is 4.59. The summed E-state index contributed by atoms with van der Waals surface area (Å²) in [7, 11) is 5.08. The molecule has 0 N–H and O–H groups in total. The monoisotopic (exact) mass is 447 g/mol. The van der Waals surface area contributed by atoms with Gasteiger partial charge in [-0.15, -0.1) is 0 Å². The standard InChI is InChI=1S/C26H29N3O4/c1-28(2)25(31)26(17-22-16-23(27-33-22)19-9-5-4-6-10-19)13-8-14-29(18-26)24(30)20-11-7-12-21(15-20)32-3/h4-7,9-12,15-16H,8,13-14,17-18H2,1-3H3. The SMILES string of the molecule is COc1cccc(C(=O)N2CCCC(Cc3cc(-c4ccccc4)no3)(C(=O)N(C)C)C2)c1. The normalized spacial score (nSPS) is 18.1. The molecular formula is C26H29N3O4. The molecule has 7 heteroatoms.